The van der Waals surface area contributed by atoms with E-state index in [1.165, 1.54) is 18.2 Å². The van der Waals surface area contributed by atoms with Crippen LogP contribution in [0.25, 0.3) is 6.08 Å². The monoisotopic (exact) mass is 450 g/mol. The molecule has 33 heavy (non-hydrogen) atoms. The highest BCUT2D eigenvalue weighted by atomic mass is 16.6. The average Bonchev–Trinajstić information content (AvgIpc) is 3.06. The quantitative estimate of drug-likeness (QED) is 0.273. The smallest absolute Gasteiger partial charge is 0.344 e. The molecule has 0 aromatic heterocycles. The van der Waals surface area contributed by atoms with Gasteiger partial charge in [0.2, 0.25) is 0 Å². The van der Waals surface area contributed by atoms with E-state index in [2.05, 4.69) is 12.0 Å². The molecule has 1 N–H and O–H groups in total. The molecule has 2 aromatic carbocycles. The number of methoxy groups -OCH3 is 1. The highest BCUT2D eigenvalue weighted by molar-refractivity contribution is 6.31. The SMILES string of the molecule is C=CCc1cc(C=C2C(=O)NN(c3ccccc3)C2=O)cc(OC)c1OCC(=O)OC(C)C. The summed E-state index contributed by atoms with van der Waals surface area (Å²) in [6.45, 7) is 6.98. The first-order valence-electron chi connectivity index (χ1n) is 10.4. The van der Waals surface area contributed by atoms with Crippen molar-refractivity contribution >= 4 is 29.5 Å². The van der Waals surface area contributed by atoms with E-state index in [-0.39, 0.29) is 18.3 Å². The van der Waals surface area contributed by atoms with Gasteiger partial charge in [0.15, 0.2) is 18.1 Å². The molecule has 1 aliphatic heterocycles. The Morgan fingerprint density at radius 1 is 1.18 bits per heavy atom. The lowest BCUT2D eigenvalue weighted by Gasteiger charge is -2.16. The van der Waals surface area contributed by atoms with Gasteiger partial charge >= 0.3 is 5.97 Å². The van der Waals surface area contributed by atoms with E-state index >= 15 is 0 Å². The number of hydrazine groups is 1. The number of nitrogens with one attached hydrogen (secondary N) is 1. The molecule has 0 radical (unpaired) electrons. The topological polar surface area (TPSA) is 94.2 Å². The van der Waals surface area contributed by atoms with E-state index in [0.717, 1.165) is 0 Å². The van der Waals surface area contributed by atoms with Gasteiger partial charge in [0, 0.05) is 5.56 Å². The molecule has 0 aliphatic carbocycles. The summed E-state index contributed by atoms with van der Waals surface area (Å²) in [5, 5.41) is 1.20. The zero-order valence-corrected chi connectivity index (χ0v) is 18.8. The molecule has 0 saturated carbocycles. The van der Waals surface area contributed by atoms with Gasteiger partial charge in [-0.25, -0.2) is 9.80 Å². The molecule has 1 heterocycles. The molecular weight excluding hydrogens is 424 g/mol. The predicted octanol–water partition coefficient (Wildman–Crippen LogP) is 3.22. The van der Waals surface area contributed by atoms with Gasteiger partial charge < -0.3 is 14.2 Å². The van der Waals surface area contributed by atoms with Crippen molar-refractivity contribution in [2.75, 3.05) is 18.7 Å². The van der Waals surface area contributed by atoms with Gasteiger partial charge in [0.25, 0.3) is 11.8 Å². The number of benzene rings is 2. The van der Waals surface area contributed by atoms with E-state index in [4.69, 9.17) is 14.2 Å². The summed E-state index contributed by atoms with van der Waals surface area (Å²) in [5.41, 5.74) is 4.36. The van der Waals surface area contributed by atoms with Crippen LogP contribution in [0.4, 0.5) is 5.69 Å². The van der Waals surface area contributed by atoms with Crippen molar-refractivity contribution in [1.29, 1.82) is 0 Å². The average molecular weight is 450 g/mol. The van der Waals surface area contributed by atoms with Gasteiger partial charge in [0.05, 0.1) is 18.9 Å². The fourth-order valence-electron chi connectivity index (χ4n) is 3.30. The highest BCUT2D eigenvalue weighted by Crippen LogP contribution is 2.35. The Bertz CT molecular complexity index is 1090. The molecule has 2 amide bonds. The number of hydrogen-bond acceptors (Lipinski definition) is 6. The van der Waals surface area contributed by atoms with Gasteiger partial charge in [-0.1, -0.05) is 24.3 Å². The Kier molecular flexibility index (Phi) is 7.50. The molecule has 0 unspecified atom stereocenters. The van der Waals surface area contributed by atoms with E-state index in [9.17, 15) is 14.4 Å². The number of amides is 2. The minimum absolute atomic E-state index is 0.0142. The molecule has 0 bridgehead atoms. The summed E-state index contributed by atoms with van der Waals surface area (Å²) in [6, 6.07) is 12.2. The summed E-state index contributed by atoms with van der Waals surface area (Å²) in [6.07, 6.45) is 3.33. The van der Waals surface area contributed by atoms with Crippen LogP contribution in [-0.4, -0.2) is 37.6 Å². The van der Waals surface area contributed by atoms with Crippen LogP contribution in [0.5, 0.6) is 11.5 Å². The van der Waals surface area contributed by atoms with Crippen LogP contribution in [0.3, 0.4) is 0 Å². The van der Waals surface area contributed by atoms with Crippen molar-refractivity contribution in [2.45, 2.75) is 26.4 Å². The Balaban J connectivity index is 1.92. The number of para-hydroxylation sites is 1. The number of ether oxygens (including phenoxy) is 3. The minimum Gasteiger partial charge on any atom is -0.493 e. The first kappa shape index (κ1) is 23.6. The second-order valence-electron chi connectivity index (χ2n) is 7.51. The van der Waals surface area contributed by atoms with E-state index in [0.29, 0.717) is 34.7 Å². The maximum atomic E-state index is 12.9. The number of nitrogens with zero attached hydrogens (tertiary/aromatic N) is 1. The normalized spacial score (nSPS) is 14.4. The number of allylic oxidation sites excluding steroid dienone is 1. The fraction of sp³-hybridized carbons (Fsp3) is 0.240. The maximum absolute atomic E-state index is 12.9. The summed E-state index contributed by atoms with van der Waals surface area (Å²) in [7, 11) is 1.47. The third-order valence-corrected chi connectivity index (χ3v) is 4.66. The third-order valence-electron chi connectivity index (χ3n) is 4.66. The van der Waals surface area contributed by atoms with Crippen LogP contribution in [0.1, 0.15) is 25.0 Å². The zero-order valence-electron chi connectivity index (χ0n) is 18.8. The number of esters is 1. The lowest BCUT2D eigenvalue weighted by Crippen LogP contribution is -2.35. The van der Waals surface area contributed by atoms with Crippen LogP contribution in [0, 0.1) is 0 Å². The summed E-state index contributed by atoms with van der Waals surface area (Å²) >= 11 is 0. The van der Waals surface area contributed by atoms with Crippen molar-refractivity contribution in [3.8, 4) is 11.5 Å². The minimum atomic E-state index is -0.509. The molecule has 8 heteroatoms. The fourth-order valence-corrected chi connectivity index (χ4v) is 3.30. The predicted molar refractivity (Wildman–Crippen MR) is 124 cm³/mol. The molecule has 1 saturated heterocycles. The maximum Gasteiger partial charge on any atom is 0.344 e. The van der Waals surface area contributed by atoms with Crippen LogP contribution in [0.2, 0.25) is 0 Å². The van der Waals surface area contributed by atoms with E-state index in [1.807, 2.05) is 6.07 Å². The van der Waals surface area contributed by atoms with Gasteiger partial charge in [0.1, 0.15) is 5.57 Å². The molecule has 172 valence electrons. The number of carbonyl (C=O) groups excluding carboxylic acids is 3. The van der Waals surface area contributed by atoms with Gasteiger partial charge in [-0.05, 0) is 56.2 Å². The van der Waals surface area contributed by atoms with Gasteiger partial charge in [-0.15, -0.1) is 6.58 Å². The first-order chi connectivity index (χ1) is 15.8. The van der Waals surface area contributed by atoms with Crippen LogP contribution in [-0.2, 0) is 25.5 Å². The molecule has 0 atom stereocenters. The standard InChI is InChI=1S/C25H26N2O6/c1-5-9-18-12-17(14-21(31-4)23(18)32-15-22(28)33-16(2)3)13-20-24(29)26-27(25(20)30)19-10-7-6-8-11-19/h5-8,10-14,16H,1,9,15H2,2-4H3,(H,26,29). The van der Waals surface area contributed by atoms with Crippen molar-refractivity contribution in [1.82, 2.24) is 5.43 Å². The number of anilines is 1. The summed E-state index contributed by atoms with van der Waals surface area (Å²) in [4.78, 5) is 37.3. The molecule has 0 spiro atoms. The van der Waals surface area contributed by atoms with Crippen LogP contribution < -0.4 is 19.9 Å². The lowest BCUT2D eigenvalue weighted by atomic mass is 10.0. The van der Waals surface area contributed by atoms with Crippen molar-refractivity contribution < 1.29 is 28.6 Å². The van der Waals surface area contributed by atoms with Crippen LogP contribution >= 0.6 is 0 Å². The summed E-state index contributed by atoms with van der Waals surface area (Å²) < 4.78 is 16.3. The van der Waals surface area contributed by atoms with Crippen molar-refractivity contribution in [2.24, 2.45) is 0 Å². The molecular formula is C25H26N2O6. The molecule has 2 aromatic rings. The zero-order chi connectivity index (χ0) is 24.0. The Morgan fingerprint density at radius 3 is 2.55 bits per heavy atom. The number of rotatable bonds is 9. The Morgan fingerprint density at radius 2 is 1.91 bits per heavy atom. The summed E-state index contributed by atoms with van der Waals surface area (Å²) in [5.74, 6) is -0.758. The van der Waals surface area contributed by atoms with E-state index < -0.39 is 17.8 Å². The molecule has 1 aliphatic rings. The molecule has 1 fully saturated rings. The van der Waals surface area contributed by atoms with Gasteiger partial charge in [-0.3, -0.25) is 15.0 Å². The van der Waals surface area contributed by atoms with Crippen molar-refractivity contribution in [3.63, 3.8) is 0 Å². The molecule has 3 rings (SSSR count). The second-order valence-corrected chi connectivity index (χ2v) is 7.51. The number of carbonyl (C=O) groups is 3. The van der Waals surface area contributed by atoms with Crippen molar-refractivity contribution in [3.05, 3.63) is 71.8 Å². The van der Waals surface area contributed by atoms with Gasteiger partial charge in [-0.2, -0.15) is 0 Å². The van der Waals surface area contributed by atoms with E-state index in [1.54, 1.807) is 56.3 Å². The lowest BCUT2D eigenvalue weighted by molar-refractivity contribution is -0.149. The third kappa shape index (κ3) is 5.60. The first-order valence-corrected chi connectivity index (χ1v) is 10.4. The van der Waals surface area contributed by atoms with Crippen LogP contribution in [0.15, 0.2) is 60.7 Å². The second kappa shape index (κ2) is 10.5. The Labute approximate surface area is 192 Å². The largest absolute Gasteiger partial charge is 0.493 e. The highest BCUT2D eigenvalue weighted by Gasteiger charge is 2.34. The Hall–Kier alpha value is -4.07. The number of hydrogen-bond donors (Lipinski definition) is 1. The molecule has 8 nitrogen and oxygen atoms in total.